The Morgan fingerprint density at radius 3 is 2.64 bits per heavy atom. The van der Waals surface area contributed by atoms with Crippen LogP contribution in [-0.2, 0) is 9.53 Å². The molecule has 1 aliphatic rings. The van der Waals surface area contributed by atoms with Crippen molar-refractivity contribution in [2.45, 2.75) is 32.7 Å². The molecule has 1 aromatic carbocycles. The van der Waals surface area contributed by atoms with Crippen LogP contribution >= 0.6 is 0 Å². The Kier molecular flexibility index (Phi) is 8.70. The minimum Gasteiger partial charge on any atom is -0.466 e. The monoisotopic (exact) mass is 392 g/mol. The molecule has 1 aliphatic heterocycles. The Labute approximate surface area is 167 Å². The Bertz CT molecular complexity index is 658. The summed E-state index contributed by atoms with van der Waals surface area (Å²) in [4.78, 5) is 21.0. The van der Waals surface area contributed by atoms with Crippen LogP contribution in [-0.4, -0.2) is 68.6 Å². The Balaban J connectivity index is 2.06. The summed E-state index contributed by atoms with van der Waals surface area (Å²) >= 11 is 0. The van der Waals surface area contributed by atoms with E-state index in [-0.39, 0.29) is 23.7 Å². The van der Waals surface area contributed by atoms with Crippen LogP contribution in [0, 0.1) is 11.7 Å². The van der Waals surface area contributed by atoms with Gasteiger partial charge >= 0.3 is 5.97 Å². The molecule has 0 bridgehead atoms. The molecule has 1 heterocycles. The van der Waals surface area contributed by atoms with Gasteiger partial charge in [0, 0.05) is 19.6 Å². The maximum atomic E-state index is 13.6. The van der Waals surface area contributed by atoms with Crippen molar-refractivity contribution in [3.05, 3.63) is 35.6 Å². The molecule has 156 valence electrons. The van der Waals surface area contributed by atoms with E-state index in [0.29, 0.717) is 13.2 Å². The van der Waals surface area contributed by atoms with Gasteiger partial charge in [-0.1, -0.05) is 12.1 Å². The van der Waals surface area contributed by atoms with E-state index >= 15 is 0 Å². The van der Waals surface area contributed by atoms with Crippen LogP contribution in [0.25, 0.3) is 0 Å². The summed E-state index contributed by atoms with van der Waals surface area (Å²) in [7, 11) is 3.95. The molecular formula is C21H33FN4O2. The van der Waals surface area contributed by atoms with Crippen molar-refractivity contribution in [2.24, 2.45) is 10.9 Å². The fourth-order valence-corrected chi connectivity index (χ4v) is 3.47. The number of aliphatic imine (C=N–C) groups is 1. The van der Waals surface area contributed by atoms with E-state index in [9.17, 15) is 9.18 Å². The number of nitrogens with zero attached hydrogens (tertiary/aromatic N) is 3. The van der Waals surface area contributed by atoms with Gasteiger partial charge in [-0.25, -0.2) is 4.39 Å². The second-order valence-electron chi connectivity index (χ2n) is 7.24. The first-order valence-electron chi connectivity index (χ1n) is 10.1. The number of likely N-dealkylation sites (tertiary alicyclic amines) is 1. The van der Waals surface area contributed by atoms with Gasteiger partial charge in [-0.15, -0.1) is 0 Å². The van der Waals surface area contributed by atoms with E-state index in [1.807, 2.05) is 34.0 Å². The fourth-order valence-electron chi connectivity index (χ4n) is 3.47. The second kappa shape index (κ2) is 11.0. The number of benzene rings is 1. The standard InChI is InChI=1S/C21H33FN4O2/c1-5-23-21(26-12-10-16(11-13-26)20(27)28-6-2)24-15-19(25(3)4)17-8-7-9-18(22)14-17/h7-9,14,16,19H,5-6,10-13,15H2,1-4H3,(H,23,24). The summed E-state index contributed by atoms with van der Waals surface area (Å²) < 4.78 is 18.8. The number of carbonyl (C=O) groups excluding carboxylic acids is 1. The number of guanidine groups is 1. The van der Waals surface area contributed by atoms with Crippen molar-refractivity contribution >= 4 is 11.9 Å². The molecule has 0 spiro atoms. The summed E-state index contributed by atoms with van der Waals surface area (Å²) in [5.41, 5.74) is 0.908. The molecular weight excluding hydrogens is 359 g/mol. The first-order valence-corrected chi connectivity index (χ1v) is 10.1. The molecule has 0 saturated carbocycles. The van der Waals surface area contributed by atoms with Crippen molar-refractivity contribution in [3.8, 4) is 0 Å². The van der Waals surface area contributed by atoms with Gasteiger partial charge in [0.25, 0.3) is 0 Å². The highest BCUT2D eigenvalue weighted by atomic mass is 19.1. The molecule has 7 heteroatoms. The number of piperidine rings is 1. The summed E-state index contributed by atoms with van der Waals surface area (Å²) in [6, 6.07) is 6.67. The molecule has 0 aliphatic carbocycles. The second-order valence-corrected chi connectivity index (χ2v) is 7.24. The number of ether oxygens (including phenoxy) is 1. The number of carbonyl (C=O) groups is 1. The Morgan fingerprint density at radius 2 is 2.07 bits per heavy atom. The van der Waals surface area contributed by atoms with Crippen molar-refractivity contribution < 1.29 is 13.9 Å². The highest BCUT2D eigenvalue weighted by Crippen LogP contribution is 2.21. The molecule has 0 aromatic heterocycles. The summed E-state index contributed by atoms with van der Waals surface area (Å²) in [5, 5.41) is 3.35. The molecule has 1 N–H and O–H groups in total. The lowest BCUT2D eigenvalue weighted by Gasteiger charge is -2.34. The molecule has 0 amide bonds. The molecule has 1 aromatic rings. The number of esters is 1. The van der Waals surface area contributed by atoms with Gasteiger partial charge in [-0.3, -0.25) is 9.79 Å². The first kappa shape index (κ1) is 22.1. The lowest BCUT2D eigenvalue weighted by molar-refractivity contribution is -0.149. The highest BCUT2D eigenvalue weighted by Gasteiger charge is 2.27. The first-order chi connectivity index (χ1) is 13.5. The normalized spacial score (nSPS) is 16.9. The SMILES string of the molecule is CCNC(=NCC(c1cccc(F)c1)N(C)C)N1CCC(C(=O)OCC)CC1. The lowest BCUT2D eigenvalue weighted by atomic mass is 9.97. The fraction of sp³-hybridized carbons (Fsp3) is 0.619. The predicted octanol–water partition coefficient (Wildman–Crippen LogP) is 2.67. The molecule has 28 heavy (non-hydrogen) atoms. The van der Waals surface area contributed by atoms with E-state index < -0.39 is 0 Å². The van der Waals surface area contributed by atoms with Crippen LogP contribution in [0.2, 0.25) is 0 Å². The molecule has 1 unspecified atom stereocenters. The smallest absolute Gasteiger partial charge is 0.309 e. The molecule has 0 radical (unpaired) electrons. The van der Waals surface area contributed by atoms with Gasteiger partial charge in [0.1, 0.15) is 5.82 Å². The third-order valence-corrected chi connectivity index (χ3v) is 5.02. The van der Waals surface area contributed by atoms with Gasteiger partial charge in [0.2, 0.25) is 0 Å². The predicted molar refractivity (Wildman–Crippen MR) is 110 cm³/mol. The number of rotatable bonds is 7. The van der Waals surface area contributed by atoms with Gasteiger partial charge < -0.3 is 19.9 Å². The quantitative estimate of drug-likeness (QED) is 0.439. The summed E-state index contributed by atoms with van der Waals surface area (Å²) in [6.45, 7) is 7.12. The molecule has 6 nitrogen and oxygen atoms in total. The molecule has 1 fully saturated rings. The largest absolute Gasteiger partial charge is 0.466 e. The Hall–Kier alpha value is -2.15. The van der Waals surface area contributed by atoms with Crippen LogP contribution in [0.3, 0.4) is 0 Å². The average molecular weight is 393 g/mol. The number of nitrogens with one attached hydrogen (secondary N) is 1. The highest BCUT2D eigenvalue weighted by molar-refractivity contribution is 5.80. The van der Waals surface area contributed by atoms with Crippen molar-refractivity contribution in [1.82, 2.24) is 15.1 Å². The van der Waals surface area contributed by atoms with Crippen LogP contribution in [0.1, 0.15) is 38.3 Å². The van der Waals surface area contributed by atoms with E-state index in [0.717, 1.165) is 44.0 Å². The van der Waals surface area contributed by atoms with Crippen molar-refractivity contribution in [1.29, 1.82) is 0 Å². The Morgan fingerprint density at radius 1 is 1.36 bits per heavy atom. The maximum Gasteiger partial charge on any atom is 0.309 e. The van der Waals surface area contributed by atoms with Gasteiger partial charge in [-0.05, 0) is 58.5 Å². The molecule has 2 rings (SSSR count). The van der Waals surface area contributed by atoms with E-state index in [4.69, 9.17) is 9.73 Å². The number of hydrogen-bond donors (Lipinski definition) is 1. The minimum atomic E-state index is -0.235. The van der Waals surface area contributed by atoms with Crippen LogP contribution in [0.4, 0.5) is 4.39 Å². The maximum absolute atomic E-state index is 13.6. The van der Waals surface area contributed by atoms with E-state index in [1.165, 1.54) is 6.07 Å². The zero-order valence-corrected chi connectivity index (χ0v) is 17.4. The van der Waals surface area contributed by atoms with Gasteiger partial charge in [0.15, 0.2) is 5.96 Å². The van der Waals surface area contributed by atoms with Crippen molar-refractivity contribution in [2.75, 3.05) is 46.9 Å². The van der Waals surface area contributed by atoms with E-state index in [2.05, 4.69) is 15.1 Å². The topological polar surface area (TPSA) is 57.2 Å². The average Bonchev–Trinajstić information content (AvgIpc) is 2.67. The molecule has 1 atom stereocenters. The third-order valence-electron chi connectivity index (χ3n) is 5.02. The van der Waals surface area contributed by atoms with E-state index in [1.54, 1.807) is 12.1 Å². The summed E-state index contributed by atoms with van der Waals surface area (Å²) in [5.74, 6) is 0.484. The van der Waals surface area contributed by atoms with Crippen LogP contribution in [0.5, 0.6) is 0 Å². The van der Waals surface area contributed by atoms with Gasteiger partial charge in [-0.2, -0.15) is 0 Å². The minimum absolute atomic E-state index is 0.0126. The van der Waals surface area contributed by atoms with Crippen LogP contribution < -0.4 is 5.32 Å². The van der Waals surface area contributed by atoms with Crippen LogP contribution in [0.15, 0.2) is 29.3 Å². The number of likely N-dealkylation sites (N-methyl/N-ethyl adjacent to an activating group) is 1. The van der Waals surface area contributed by atoms with Crippen molar-refractivity contribution in [3.63, 3.8) is 0 Å². The molecule has 1 saturated heterocycles. The van der Waals surface area contributed by atoms with Gasteiger partial charge in [0.05, 0.1) is 25.1 Å². The number of halogens is 1. The lowest BCUT2D eigenvalue weighted by Crippen LogP contribution is -2.47. The zero-order valence-electron chi connectivity index (χ0n) is 17.4. The number of hydrogen-bond acceptors (Lipinski definition) is 4. The third kappa shape index (κ3) is 6.19. The zero-order chi connectivity index (χ0) is 20.5. The summed E-state index contributed by atoms with van der Waals surface area (Å²) in [6.07, 6.45) is 1.54.